The van der Waals surface area contributed by atoms with E-state index in [1.807, 2.05) is 27.7 Å². The number of carboxylic acids is 1. The highest BCUT2D eigenvalue weighted by Gasteiger charge is 2.24. The molecule has 0 aliphatic rings. The van der Waals surface area contributed by atoms with Gasteiger partial charge < -0.3 is 15.7 Å². The van der Waals surface area contributed by atoms with Gasteiger partial charge in [-0.15, -0.1) is 0 Å². The van der Waals surface area contributed by atoms with Crippen LogP contribution in [0.25, 0.3) is 0 Å². The Morgan fingerprint density at radius 1 is 1.18 bits per heavy atom. The maximum Gasteiger partial charge on any atom is 0.326 e. The van der Waals surface area contributed by atoms with Gasteiger partial charge in [-0.2, -0.15) is 0 Å². The Labute approximate surface area is 103 Å². The summed E-state index contributed by atoms with van der Waals surface area (Å²) in [7, 11) is 0. The summed E-state index contributed by atoms with van der Waals surface area (Å²) >= 11 is 0. The van der Waals surface area contributed by atoms with Crippen LogP contribution in [0.2, 0.25) is 0 Å². The van der Waals surface area contributed by atoms with Gasteiger partial charge in [-0.05, 0) is 19.3 Å². The first-order valence-electron chi connectivity index (χ1n) is 6.17. The third-order valence-corrected chi connectivity index (χ3v) is 3.02. The fourth-order valence-corrected chi connectivity index (χ4v) is 1.32. The summed E-state index contributed by atoms with van der Waals surface area (Å²) in [5.74, 6) is -1.31. The molecule has 0 aliphatic carbocycles. The largest absolute Gasteiger partial charge is 0.480 e. The predicted molar refractivity (Wildman–Crippen MR) is 66.8 cm³/mol. The van der Waals surface area contributed by atoms with Crippen molar-refractivity contribution in [1.82, 2.24) is 10.6 Å². The zero-order valence-corrected chi connectivity index (χ0v) is 11.1. The minimum atomic E-state index is -0.976. The van der Waals surface area contributed by atoms with Gasteiger partial charge >= 0.3 is 5.97 Å². The van der Waals surface area contributed by atoms with Crippen LogP contribution in [0.15, 0.2) is 0 Å². The van der Waals surface area contributed by atoms with Gasteiger partial charge in [0, 0.05) is 6.04 Å². The Morgan fingerprint density at radius 3 is 2.18 bits per heavy atom. The van der Waals surface area contributed by atoms with Crippen molar-refractivity contribution >= 4 is 11.9 Å². The summed E-state index contributed by atoms with van der Waals surface area (Å²) in [5, 5.41) is 14.6. The fraction of sp³-hybridized carbons (Fsp3) is 0.833. The van der Waals surface area contributed by atoms with E-state index in [9.17, 15) is 9.59 Å². The van der Waals surface area contributed by atoms with Gasteiger partial charge in [0.25, 0.3) is 0 Å². The number of rotatable bonds is 8. The lowest BCUT2D eigenvalue weighted by atomic mass is 9.99. The molecule has 0 fully saturated rings. The van der Waals surface area contributed by atoms with E-state index in [1.165, 1.54) is 0 Å². The molecule has 3 atom stereocenters. The van der Waals surface area contributed by atoms with Gasteiger partial charge in [-0.25, -0.2) is 4.79 Å². The SMILES string of the molecule is CCC(C)NCC(=O)N[C@H](C(=O)O)C(C)CC. The second kappa shape index (κ2) is 8.06. The number of amides is 1. The monoisotopic (exact) mass is 244 g/mol. The molecule has 0 saturated heterocycles. The van der Waals surface area contributed by atoms with Gasteiger partial charge in [-0.3, -0.25) is 4.79 Å². The average molecular weight is 244 g/mol. The zero-order valence-electron chi connectivity index (χ0n) is 11.1. The van der Waals surface area contributed by atoms with Gasteiger partial charge in [0.15, 0.2) is 0 Å². The normalized spacial score (nSPS) is 16.0. The standard InChI is InChI=1S/C12H24N2O3/c1-5-8(3)11(12(16)17)14-10(15)7-13-9(4)6-2/h8-9,11,13H,5-7H2,1-4H3,(H,14,15)(H,16,17)/t8?,9?,11-/m0/s1. The lowest BCUT2D eigenvalue weighted by Crippen LogP contribution is -2.48. The van der Waals surface area contributed by atoms with Gasteiger partial charge in [0.1, 0.15) is 6.04 Å². The fourth-order valence-electron chi connectivity index (χ4n) is 1.32. The van der Waals surface area contributed by atoms with Crippen LogP contribution in [-0.4, -0.2) is 35.6 Å². The first kappa shape index (κ1) is 15.9. The van der Waals surface area contributed by atoms with Crippen molar-refractivity contribution in [3.63, 3.8) is 0 Å². The second-order valence-corrected chi connectivity index (χ2v) is 4.46. The Morgan fingerprint density at radius 2 is 1.76 bits per heavy atom. The molecule has 0 saturated carbocycles. The molecule has 0 aromatic rings. The summed E-state index contributed by atoms with van der Waals surface area (Å²) in [6.07, 6.45) is 1.65. The maximum atomic E-state index is 11.6. The van der Waals surface area contributed by atoms with Crippen molar-refractivity contribution < 1.29 is 14.7 Å². The number of hydrogen-bond donors (Lipinski definition) is 3. The van der Waals surface area contributed by atoms with Crippen molar-refractivity contribution in [2.24, 2.45) is 5.92 Å². The molecule has 100 valence electrons. The van der Waals surface area contributed by atoms with E-state index in [-0.39, 0.29) is 24.4 Å². The topological polar surface area (TPSA) is 78.4 Å². The predicted octanol–water partition coefficient (Wildman–Crippen LogP) is 0.990. The highest BCUT2D eigenvalue weighted by molar-refractivity contribution is 5.84. The third kappa shape index (κ3) is 6.26. The number of carbonyl (C=O) groups is 2. The number of carboxylic acid groups (broad SMARTS) is 1. The quantitative estimate of drug-likeness (QED) is 0.595. The van der Waals surface area contributed by atoms with Crippen LogP contribution in [0.3, 0.4) is 0 Å². The molecule has 0 heterocycles. The molecule has 5 heteroatoms. The molecule has 0 spiro atoms. The highest BCUT2D eigenvalue weighted by atomic mass is 16.4. The van der Waals surface area contributed by atoms with Gasteiger partial charge in [0.05, 0.1) is 6.54 Å². The molecule has 0 bridgehead atoms. The van der Waals surface area contributed by atoms with Crippen molar-refractivity contribution in [2.45, 2.75) is 52.6 Å². The smallest absolute Gasteiger partial charge is 0.326 e. The molecule has 0 aromatic carbocycles. The molecule has 17 heavy (non-hydrogen) atoms. The Balaban J connectivity index is 4.18. The van der Waals surface area contributed by atoms with Crippen molar-refractivity contribution in [2.75, 3.05) is 6.54 Å². The molecule has 0 radical (unpaired) electrons. The molecule has 0 aliphatic heterocycles. The van der Waals surface area contributed by atoms with Crippen LogP contribution in [0.1, 0.15) is 40.5 Å². The Hall–Kier alpha value is -1.10. The number of hydrogen-bond acceptors (Lipinski definition) is 3. The molecule has 0 rings (SSSR count). The molecular formula is C12H24N2O3. The first-order valence-corrected chi connectivity index (χ1v) is 6.17. The summed E-state index contributed by atoms with van der Waals surface area (Å²) < 4.78 is 0. The summed E-state index contributed by atoms with van der Waals surface area (Å²) in [6, 6.07) is -0.543. The molecular weight excluding hydrogens is 220 g/mol. The lowest BCUT2D eigenvalue weighted by Gasteiger charge is -2.20. The number of aliphatic carboxylic acids is 1. The first-order chi connectivity index (χ1) is 7.92. The summed E-state index contributed by atoms with van der Waals surface area (Å²) in [4.78, 5) is 22.6. The van der Waals surface area contributed by atoms with Crippen LogP contribution in [0, 0.1) is 5.92 Å². The Kier molecular flexibility index (Phi) is 7.54. The van der Waals surface area contributed by atoms with E-state index in [0.717, 1.165) is 12.8 Å². The minimum Gasteiger partial charge on any atom is -0.480 e. The molecule has 3 N–H and O–H groups in total. The van der Waals surface area contributed by atoms with Crippen LogP contribution < -0.4 is 10.6 Å². The highest BCUT2D eigenvalue weighted by Crippen LogP contribution is 2.07. The lowest BCUT2D eigenvalue weighted by molar-refractivity contribution is -0.143. The second-order valence-electron chi connectivity index (χ2n) is 4.46. The average Bonchev–Trinajstić information content (AvgIpc) is 2.31. The van der Waals surface area contributed by atoms with Crippen LogP contribution in [0.4, 0.5) is 0 Å². The third-order valence-electron chi connectivity index (χ3n) is 3.02. The van der Waals surface area contributed by atoms with E-state index in [4.69, 9.17) is 5.11 Å². The number of nitrogens with one attached hydrogen (secondary N) is 2. The van der Waals surface area contributed by atoms with E-state index < -0.39 is 12.0 Å². The van der Waals surface area contributed by atoms with E-state index in [0.29, 0.717) is 0 Å². The molecule has 0 aromatic heterocycles. The van der Waals surface area contributed by atoms with E-state index >= 15 is 0 Å². The molecule has 5 nitrogen and oxygen atoms in total. The summed E-state index contributed by atoms with van der Waals surface area (Å²) in [5.41, 5.74) is 0. The molecule has 1 amide bonds. The maximum absolute atomic E-state index is 11.6. The van der Waals surface area contributed by atoms with Crippen molar-refractivity contribution in [3.8, 4) is 0 Å². The minimum absolute atomic E-state index is 0.0694. The number of carbonyl (C=O) groups excluding carboxylic acids is 1. The van der Waals surface area contributed by atoms with Gasteiger partial charge in [0.2, 0.25) is 5.91 Å². The van der Waals surface area contributed by atoms with E-state index in [1.54, 1.807) is 0 Å². The van der Waals surface area contributed by atoms with Crippen LogP contribution >= 0.6 is 0 Å². The van der Waals surface area contributed by atoms with Crippen molar-refractivity contribution in [3.05, 3.63) is 0 Å². The van der Waals surface area contributed by atoms with Crippen molar-refractivity contribution in [1.29, 1.82) is 0 Å². The zero-order chi connectivity index (χ0) is 13.4. The summed E-state index contributed by atoms with van der Waals surface area (Å²) in [6.45, 7) is 7.89. The van der Waals surface area contributed by atoms with E-state index in [2.05, 4.69) is 10.6 Å². The van der Waals surface area contributed by atoms with Crippen LogP contribution in [0.5, 0.6) is 0 Å². The Bertz CT molecular complexity index is 256. The van der Waals surface area contributed by atoms with Crippen LogP contribution in [-0.2, 0) is 9.59 Å². The van der Waals surface area contributed by atoms with Gasteiger partial charge in [-0.1, -0.05) is 27.2 Å². The molecule has 2 unspecified atom stereocenters.